The second-order valence-corrected chi connectivity index (χ2v) is 5.71. The van der Waals surface area contributed by atoms with E-state index in [1.807, 2.05) is 37.6 Å². The first-order valence-corrected chi connectivity index (χ1v) is 7.52. The van der Waals surface area contributed by atoms with E-state index in [1.54, 1.807) is 0 Å². The smallest absolute Gasteiger partial charge is 0.143 e. The largest absolute Gasteiger partial charge is 0.360 e. The molecule has 5 heteroatoms. The highest BCUT2D eigenvalue weighted by Gasteiger charge is 2.25. The fraction of sp³-hybridized carbons (Fsp3) is 0.294. The molecule has 0 spiro atoms. The molecule has 3 aromatic rings. The molecule has 0 radical (unpaired) electrons. The van der Waals surface area contributed by atoms with E-state index in [0.29, 0.717) is 0 Å². The predicted octanol–water partition coefficient (Wildman–Crippen LogP) is 2.63. The number of rotatable bonds is 3. The van der Waals surface area contributed by atoms with Gasteiger partial charge in [-0.3, -0.25) is 4.90 Å². The van der Waals surface area contributed by atoms with Gasteiger partial charge in [-0.1, -0.05) is 35.5 Å². The van der Waals surface area contributed by atoms with Gasteiger partial charge in [0.1, 0.15) is 17.3 Å². The van der Waals surface area contributed by atoms with E-state index in [2.05, 4.69) is 31.7 Å². The molecule has 0 saturated carbocycles. The third-order valence-corrected chi connectivity index (χ3v) is 4.24. The predicted molar refractivity (Wildman–Crippen MR) is 83.0 cm³/mol. The molecule has 112 valence electrons. The van der Waals surface area contributed by atoms with Crippen LogP contribution in [0.4, 0.5) is 0 Å². The van der Waals surface area contributed by atoms with Crippen molar-refractivity contribution in [3.8, 4) is 11.3 Å². The molecule has 1 aliphatic rings. The normalized spacial score (nSPS) is 15.0. The lowest BCUT2D eigenvalue weighted by Crippen LogP contribution is -2.30. The fourth-order valence-electron chi connectivity index (χ4n) is 2.97. The number of aromatic nitrogens is 3. The summed E-state index contributed by atoms with van der Waals surface area (Å²) >= 11 is 0. The molecule has 0 amide bonds. The highest BCUT2D eigenvalue weighted by atomic mass is 16.5. The first kappa shape index (κ1) is 13.3. The number of fused-ring (bicyclic) bond motifs is 1. The van der Waals surface area contributed by atoms with Gasteiger partial charge in [0.15, 0.2) is 0 Å². The minimum Gasteiger partial charge on any atom is -0.360 e. The summed E-state index contributed by atoms with van der Waals surface area (Å²) in [5.41, 5.74) is 3.30. The molecule has 1 aromatic carbocycles. The third kappa shape index (κ3) is 2.33. The SMILES string of the molecule is Cn1ccnc1CN1CCc2onc(-c3ccccc3)c2C1. The number of benzene rings is 1. The van der Waals surface area contributed by atoms with Crippen molar-refractivity contribution in [2.75, 3.05) is 6.54 Å². The van der Waals surface area contributed by atoms with Gasteiger partial charge < -0.3 is 9.09 Å². The summed E-state index contributed by atoms with van der Waals surface area (Å²) in [4.78, 5) is 6.81. The molecule has 5 nitrogen and oxygen atoms in total. The standard InChI is InChI=1S/C17H18N4O/c1-20-10-8-18-16(20)12-21-9-7-15-14(11-21)17(19-22-15)13-5-3-2-4-6-13/h2-6,8,10H,7,9,11-12H2,1H3. The lowest BCUT2D eigenvalue weighted by molar-refractivity contribution is 0.222. The van der Waals surface area contributed by atoms with Gasteiger partial charge in [-0.05, 0) is 0 Å². The lowest BCUT2D eigenvalue weighted by atomic mass is 10.0. The Morgan fingerprint density at radius 2 is 2.09 bits per heavy atom. The van der Waals surface area contributed by atoms with Gasteiger partial charge in [-0.15, -0.1) is 0 Å². The van der Waals surface area contributed by atoms with Crippen LogP contribution in [0.15, 0.2) is 47.2 Å². The second-order valence-electron chi connectivity index (χ2n) is 5.71. The summed E-state index contributed by atoms with van der Waals surface area (Å²) < 4.78 is 7.62. The molecular formula is C17H18N4O. The van der Waals surface area contributed by atoms with Crippen LogP contribution in [0.2, 0.25) is 0 Å². The van der Waals surface area contributed by atoms with E-state index in [0.717, 1.165) is 48.9 Å². The molecule has 0 saturated heterocycles. The van der Waals surface area contributed by atoms with E-state index in [-0.39, 0.29) is 0 Å². The molecule has 0 atom stereocenters. The topological polar surface area (TPSA) is 47.1 Å². The first-order chi connectivity index (χ1) is 10.8. The summed E-state index contributed by atoms with van der Waals surface area (Å²) in [6.45, 7) is 2.68. The van der Waals surface area contributed by atoms with E-state index >= 15 is 0 Å². The average molecular weight is 294 g/mol. The zero-order valence-electron chi connectivity index (χ0n) is 12.6. The quantitative estimate of drug-likeness (QED) is 0.745. The van der Waals surface area contributed by atoms with Crippen LogP contribution in [-0.4, -0.2) is 26.2 Å². The molecule has 0 aliphatic carbocycles. The number of hydrogen-bond donors (Lipinski definition) is 0. The number of aryl methyl sites for hydroxylation is 1. The van der Waals surface area contributed by atoms with Gasteiger partial charge in [0, 0.05) is 50.1 Å². The van der Waals surface area contributed by atoms with Crippen molar-refractivity contribution in [2.24, 2.45) is 7.05 Å². The molecule has 1 aliphatic heterocycles. The van der Waals surface area contributed by atoms with Gasteiger partial charge in [-0.2, -0.15) is 0 Å². The van der Waals surface area contributed by atoms with Crippen LogP contribution in [0.3, 0.4) is 0 Å². The van der Waals surface area contributed by atoms with Crippen LogP contribution < -0.4 is 0 Å². The van der Waals surface area contributed by atoms with Crippen molar-refractivity contribution >= 4 is 0 Å². The summed E-state index contributed by atoms with van der Waals surface area (Å²) in [7, 11) is 2.03. The Labute approximate surface area is 129 Å². The van der Waals surface area contributed by atoms with Crippen molar-refractivity contribution in [2.45, 2.75) is 19.5 Å². The van der Waals surface area contributed by atoms with Crippen LogP contribution >= 0.6 is 0 Å². The van der Waals surface area contributed by atoms with Gasteiger partial charge in [0.05, 0.1) is 6.54 Å². The Balaban J connectivity index is 1.60. The van der Waals surface area contributed by atoms with Gasteiger partial charge in [0.2, 0.25) is 0 Å². The second kappa shape index (κ2) is 5.42. The van der Waals surface area contributed by atoms with Crippen LogP contribution in [0.5, 0.6) is 0 Å². The molecule has 2 aromatic heterocycles. The maximum Gasteiger partial charge on any atom is 0.143 e. The van der Waals surface area contributed by atoms with E-state index in [9.17, 15) is 0 Å². The first-order valence-electron chi connectivity index (χ1n) is 7.52. The van der Waals surface area contributed by atoms with Crippen molar-refractivity contribution in [3.05, 3.63) is 59.9 Å². The van der Waals surface area contributed by atoms with Crippen molar-refractivity contribution < 1.29 is 4.52 Å². The molecule has 3 heterocycles. The van der Waals surface area contributed by atoms with Crippen LogP contribution in [-0.2, 0) is 26.6 Å². The molecule has 22 heavy (non-hydrogen) atoms. The Morgan fingerprint density at radius 3 is 2.86 bits per heavy atom. The maximum atomic E-state index is 5.55. The monoisotopic (exact) mass is 294 g/mol. The van der Waals surface area contributed by atoms with Crippen LogP contribution in [0.25, 0.3) is 11.3 Å². The Hall–Kier alpha value is -2.40. The summed E-state index contributed by atoms with van der Waals surface area (Å²) in [5, 5.41) is 4.29. The third-order valence-electron chi connectivity index (χ3n) is 4.24. The molecule has 4 rings (SSSR count). The van der Waals surface area contributed by atoms with Crippen molar-refractivity contribution in [3.63, 3.8) is 0 Å². The lowest BCUT2D eigenvalue weighted by Gasteiger charge is -2.25. The van der Waals surface area contributed by atoms with E-state index in [1.165, 1.54) is 5.56 Å². The van der Waals surface area contributed by atoms with Crippen LogP contribution in [0.1, 0.15) is 17.1 Å². The maximum absolute atomic E-state index is 5.55. The van der Waals surface area contributed by atoms with Gasteiger partial charge in [0.25, 0.3) is 0 Å². The molecule has 0 fully saturated rings. The molecular weight excluding hydrogens is 276 g/mol. The number of hydrogen-bond acceptors (Lipinski definition) is 4. The van der Waals surface area contributed by atoms with Gasteiger partial charge >= 0.3 is 0 Å². The minimum absolute atomic E-state index is 0.850. The Kier molecular flexibility index (Phi) is 3.27. The fourth-order valence-corrected chi connectivity index (χ4v) is 2.97. The van der Waals surface area contributed by atoms with E-state index in [4.69, 9.17) is 4.52 Å². The highest BCUT2D eigenvalue weighted by molar-refractivity contribution is 5.63. The average Bonchev–Trinajstić information content (AvgIpc) is 3.15. The molecule has 0 unspecified atom stereocenters. The van der Waals surface area contributed by atoms with E-state index < -0.39 is 0 Å². The minimum atomic E-state index is 0.850. The number of nitrogens with zero attached hydrogens (tertiary/aromatic N) is 4. The summed E-state index contributed by atoms with van der Waals surface area (Å²) in [5.74, 6) is 2.11. The summed E-state index contributed by atoms with van der Waals surface area (Å²) in [6.07, 6.45) is 4.73. The van der Waals surface area contributed by atoms with Gasteiger partial charge in [-0.25, -0.2) is 4.98 Å². The number of imidazole rings is 1. The highest BCUT2D eigenvalue weighted by Crippen LogP contribution is 2.30. The van der Waals surface area contributed by atoms with Crippen molar-refractivity contribution in [1.29, 1.82) is 0 Å². The molecule has 0 N–H and O–H groups in total. The van der Waals surface area contributed by atoms with Crippen molar-refractivity contribution in [1.82, 2.24) is 19.6 Å². The molecule has 0 bridgehead atoms. The summed E-state index contributed by atoms with van der Waals surface area (Å²) in [6, 6.07) is 10.2. The zero-order chi connectivity index (χ0) is 14.9. The zero-order valence-corrected chi connectivity index (χ0v) is 12.6. The van der Waals surface area contributed by atoms with Crippen LogP contribution in [0, 0.1) is 0 Å². The Bertz CT molecular complexity index is 775. The Morgan fingerprint density at radius 1 is 1.23 bits per heavy atom.